The zero-order chi connectivity index (χ0) is 11.4. The lowest BCUT2D eigenvalue weighted by Gasteiger charge is -1.97. The molecule has 0 bridgehead atoms. The number of carboxylic acid groups (broad SMARTS) is 1. The average Bonchev–Trinajstić information content (AvgIpc) is 2.61. The Hall–Kier alpha value is -1.16. The highest BCUT2D eigenvalue weighted by atomic mass is 32.1. The van der Waals surface area contributed by atoms with Crippen LogP contribution >= 0.6 is 11.3 Å². The molecule has 1 N–H and O–H groups in total. The topological polar surface area (TPSA) is 50.2 Å². The second-order valence-electron chi connectivity index (χ2n) is 3.59. The van der Waals surface area contributed by atoms with E-state index < -0.39 is 5.97 Å². The van der Waals surface area contributed by atoms with Crippen molar-refractivity contribution in [2.24, 2.45) is 0 Å². The molecule has 0 atom stereocenters. The van der Waals surface area contributed by atoms with Gasteiger partial charge in [0.2, 0.25) is 0 Å². The summed E-state index contributed by atoms with van der Waals surface area (Å²) in [5.41, 5.74) is 1.15. The van der Waals surface area contributed by atoms with E-state index in [0.717, 1.165) is 10.7 Å². The van der Waals surface area contributed by atoms with E-state index in [0.29, 0.717) is 17.9 Å². The van der Waals surface area contributed by atoms with Crippen molar-refractivity contribution in [2.75, 3.05) is 0 Å². The molecular formula is C11H15NO2S. The van der Waals surface area contributed by atoms with E-state index in [1.54, 1.807) is 17.4 Å². The number of carboxylic acids is 1. The van der Waals surface area contributed by atoms with Crippen LogP contribution in [0.1, 0.15) is 43.8 Å². The van der Waals surface area contributed by atoms with E-state index >= 15 is 0 Å². The Balaban J connectivity index is 2.92. The van der Waals surface area contributed by atoms with Crippen molar-refractivity contribution in [3.63, 3.8) is 0 Å². The lowest BCUT2D eigenvalue weighted by molar-refractivity contribution is -0.132. The van der Waals surface area contributed by atoms with Gasteiger partial charge in [-0.15, -0.1) is 11.3 Å². The molecule has 0 spiro atoms. The molecule has 1 aromatic rings. The minimum absolute atomic E-state index is 0.395. The maximum absolute atomic E-state index is 10.8. The maximum atomic E-state index is 10.8. The van der Waals surface area contributed by atoms with Gasteiger partial charge in [0, 0.05) is 16.9 Å². The molecule has 0 saturated heterocycles. The second-order valence-corrected chi connectivity index (χ2v) is 4.48. The van der Waals surface area contributed by atoms with Crippen LogP contribution < -0.4 is 0 Å². The van der Waals surface area contributed by atoms with Crippen molar-refractivity contribution < 1.29 is 9.90 Å². The molecular weight excluding hydrogens is 210 g/mol. The van der Waals surface area contributed by atoms with Crippen molar-refractivity contribution >= 4 is 23.4 Å². The number of aromatic nitrogens is 1. The number of hydrogen-bond acceptors (Lipinski definition) is 3. The van der Waals surface area contributed by atoms with Crippen molar-refractivity contribution in [1.82, 2.24) is 4.98 Å². The van der Waals surface area contributed by atoms with E-state index in [2.05, 4.69) is 18.8 Å². The molecule has 0 saturated carbocycles. The third kappa shape index (κ3) is 3.16. The fourth-order valence-corrected chi connectivity index (χ4v) is 1.92. The molecule has 1 aromatic heterocycles. The molecule has 0 radical (unpaired) electrons. The average molecular weight is 225 g/mol. The van der Waals surface area contributed by atoms with Crippen LogP contribution in [-0.4, -0.2) is 16.1 Å². The van der Waals surface area contributed by atoms with Gasteiger partial charge in [0.1, 0.15) is 0 Å². The Morgan fingerprint density at radius 3 is 2.73 bits per heavy atom. The number of hydrogen-bond donors (Lipinski definition) is 1. The first-order chi connectivity index (χ1) is 7.04. The van der Waals surface area contributed by atoms with Crippen molar-refractivity contribution in [3.8, 4) is 0 Å². The summed E-state index contributed by atoms with van der Waals surface area (Å²) >= 11 is 1.57. The Bertz CT molecular complexity index is 380. The standard InChI is InChI=1S/C11H15NO2S/c1-4-8(11(13)14)5-9-6-15-10(12-9)7(2)3/h5-7H,4H2,1-3H3,(H,13,14)/b8-5+. The largest absolute Gasteiger partial charge is 0.478 e. The minimum Gasteiger partial charge on any atom is -0.478 e. The van der Waals surface area contributed by atoms with Gasteiger partial charge in [-0.05, 0) is 12.5 Å². The van der Waals surface area contributed by atoms with Gasteiger partial charge in [0.05, 0.1) is 10.7 Å². The van der Waals surface area contributed by atoms with Gasteiger partial charge in [-0.2, -0.15) is 0 Å². The summed E-state index contributed by atoms with van der Waals surface area (Å²) in [4.78, 5) is 15.1. The fourth-order valence-electron chi connectivity index (χ4n) is 1.13. The summed E-state index contributed by atoms with van der Waals surface area (Å²) in [5.74, 6) is -0.469. The number of nitrogens with zero attached hydrogens (tertiary/aromatic N) is 1. The van der Waals surface area contributed by atoms with E-state index in [1.807, 2.05) is 12.3 Å². The predicted molar refractivity (Wildman–Crippen MR) is 62.1 cm³/mol. The monoisotopic (exact) mass is 225 g/mol. The lowest BCUT2D eigenvalue weighted by atomic mass is 10.2. The molecule has 1 heterocycles. The molecule has 0 aliphatic rings. The van der Waals surface area contributed by atoms with Crippen LogP contribution in [0.4, 0.5) is 0 Å². The number of carbonyl (C=O) groups is 1. The third-order valence-electron chi connectivity index (χ3n) is 2.01. The van der Waals surface area contributed by atoms with Gasteiger partial charge in [-0.1, -0.05) is 20.8 Å². The highest BCUT2D eigenvalue weighted by Crippen LogP contribution is 2.20. The maximum Gasteiger partial charge on any atom is 0.331 e. The number of aliphatic carboxylic acids is 1. The zero-order valence-corrected chi connectivity index (χ0v) is 9.97. The van der Waals surface area contributed by atoms with Crippen LogP contribution in [0.25, 0.3) is 6.08 Å². The van der Waals surface area contributed by atoms with Crippen molar-refractivity contribution in [2.45, 2.75) is 33.1 Å². The Morgan fingerprint density at radius 2 is 2.33 bits per heavy atom. The highest BCUT2D eigenvalue weighted by Gasteiger charge is 2.08. The summed E-state index contributed by atoms with van der Waals surface area (Å²) in [7, 11) is 0. The number of rotatable bonds is 4. The first kappa shape index (κ1) is 11.9. The van der Waals surface area contributed by atoms with E-state index in [-0.39, 0.29) is 0 Å². The van der Waals surface area contributed by atoms with Gasteiger partial charge in [-0.3, -0.25) is 0 Å². The summed E-state index contributed by atoms with van der Waals surface area (Å²) in [6.07, 6.45) is 2.16. The Morgan fingerprint density at radius 1 is 1.67 bits per heavy atom. The second kappa shape index (κ2) is 5.07. The van der Waals surface area contributed by atoms with Gasteiger partial charge >= 0.3 is 5.97 Å². The van der Waals surface area contributed by atoms with Gasteiger partial charge < -0.3 is 5.11 Å². The minimum atomic E-state index is -0.864. The molecule has 0 fully saturated rings. The van der Waals surface area contributed by atoms with Gasteiger partial charge in [-0.25, -0.2) is 9.78 Å². The van der Waals surface area contributed by atoms with Crippen LogP contribution in [0.5, 0.6) is 0 Å². The molecule has 4 heteroatoms. The van der Waals surface area contributed by atoms with E-state index in [1.165, 1.54) is 0 Å². The molecule has 1 rings (SSSR count). The SMILES string of the molecule is CC/C(=C\c1csc(C(C)C)n1)C(=O)O. The van der Waals surface area contributed by atoms with E-state index in [4.69, 9.17) is 5.11 Å². The summed E-state index contributed by atoms with van der Waals surface area (Å²) in [6, 6.07) is 0. The first-order valence-electron chi connectivity index (χ1n) is 4.93. The molecule has 0 amide bonds. The van der Waals surface area contributed by atoms with Crippen LogP contribution in [-0.2, 0) is 4.79 Å². The smallest absolute Gasteiger partial charge is 0.331 e. The molecule has 0 aliphatic carbocycles. The van der Waals surface area contributed by atoms with Crippen LogP contribution in [0, 0.1) is 0 Å². The molecule has 0 unspecified atom stereocenters. The van der Waals surface area contributed by atoms with Crippen LogP contribution in [0.15, 0.2) is 11.0 Å². The highest BCUT2D eigenvalue weighted by molar-refractivity contribution is 7.09. The normalized spacial score (nSPS) is 12.1. The molecule has 82 valence electrons. The van der Waals surface area contributed by atoms with Crippen molar-refractivity contribution in [1.29, 1.82) is 0 Å². The van der Waals surface area contributed by atoms with Gasteiger partial charge in [0.15, 0.2) is 0 Å². The van der Waals surface area contributed by atoms with E-state index in [9.17, 15) is 4.79 Å². The Labute approximate surface area is 93.5 Å². The Kier molecular flexibility index (Phi) is 4.03. The van der Waals surface area contributed by atoms with Crippen LogP contribution in [0.2, 0.25) is 0 Å². The molecule has 0 aromatic carbocycles. The third-order valence-corrected chi connectivity index (χ3v) is 3.17. The molecule has 3 nitrogen and oxygen atoms in total. The fraction of sp³-hybridized carbons (Fsp3) is 0.455. The summed E-state index contributed by atoms with van der Waals surface area (Å²) in [5, 5.41) is 11.8. The zero-order valence-electron chi connectivity index (χ0n) is 9.15. The molecule has 0 aliphatic heterocycles. The first-order valence-corrected chi connectivity index (χ1v) is 5.81. The summed E-state index contributed by atoms with van der Waals surface area (Å²) in [6.45, 7) is 5.98. The van der Waals surface area contributed by atoms with Gasteiger partial charge in [0.25, 0.3) is 0 Å². The lowest BCUT2D eigenvalue weighted by Crippen LogP contribution is -1.98. The van der Waals surface area contributed by atoms with Crippen molar-refractivity contribution in [3.05, 3.63) is 21.7 Å². The predicted octanol–water partition coefficient (Wildman–Crippen LogP) is 3.14. The molecule has 15 heavy (non-hydrogen) atoms. The van der Waals surface area contributed by atoms with Crippen LogP contribution in [0.3, 0.4) is 0 Å². The quantitative estimate of drug-likeness (QED) is 0.801. The summed E-state index contributed by atoms with van der Waals surface area (Å²) < 4.78 is 0. The number of thiazole rings is 1.